The zero-order valence-electron chi connectivity index (χ0n) is 9.97. The van der Waals surface area contributed by atoms with E-state index in [1.54, 1.807) is 12.1 Å². The number of aromatic hydroxyl groups is 1. The number of hydrazone groups is 1. The van der Waals surface area contributed by atoms with Crippen LogP contribution < -0.4 is 11.2 Å². The van der Waals surface area contributed by atoms with Crippen molar-refractivity contribution in [2.75, 3.05) is 13.1 Å². The van der Waals surface area contributed by atoms with E-state index in [0.717, 1.165) is 25.9 Å². The van der Waals surface area contributed by atoms with Crippen LogP contribution in [0.4, 0.5) is 0 Å². The number of nitrogens with one attached hydrogen (secondary N) is 1. The Morgan fingerprint density at radius 2 is 2.00 bits per heavy atom. The number of phenols is 1. The van der Waals surface area contributed by atoms with Gasteiger partial charge in [0.1, 0.15) is 5.75 Å². The fourth-order valence-electron chi connectivity index (χ4n) is 2.00. The largest absolute Gasteiger partial charge is 0.507 e. The summed E-state index contributed by atoms with van der Waals surface area (Å²) in [5, 5.41) is 14.2. The van der Waals surface area contributed by atoms with Crippen LogP contribution in [-0.2, 0) is 0 Å². The number of hydrogen-bond acceptors (Lipinski definition) is 3. The van der Waals surface area contributed by atoms with E-state index < -0.39 is 0 Å². The first-order valence-corrected chi connectivity index (χ1v) is 6.26. The Morgan fingerprint density at radius 1 is 1.33 bits per heavy atom. The summed E-state index contributed by atoms with van der Waals surface area (Å²) in [5.74, 6) is 0.881. The number of amidine groups is 1. The maximum absolute atomic E-state index is 9.91. The van der Waals surface area contributed by atoms with Crippen molar-refractivity contribution in [2.45, 2.75) is 12.8 Å². The molecule has 1 saturated heterocycles. The Balaban J connectivity index is 2.32. The third kappa shape index (κ3) is 2.89. The highest BCUT2D eigenvalue weighted by Crippen LogP contribution is 2.21. The number of thiocarbonyl (C=S) groups is 1. The molecule has 0 bridgehead atoms. The summed E-state index contributed by atoms with van der Waals surface area (Å²) >= 11 is 4.75. The molecule has 1 heterocycles. The minimum Gasteiger partial charge on any atom is -0.507 e. The lowest BCUT2D eigenvalue weighted by atomic mass is 10.1. The molecular formula is C12H16N4OS. The molecule has 0 radical (unpaired) electrons. The SMILES string of the molecule is NC(=S)NN=C(c1ccccc1O)N1CCCC1. The van der Waals surface area contributed by atoms with Crippen LogP contribution in [0.25, 0.3) is 0 Å². The number of hydrogen-bond donors (Lipinski definition) is 3. The molecule has 0 amide bonds. The van der Waals surface area contributed by atoms with Gasteiger partial charge in [-0.25, -0.2) is 0 Å². The zero-order valence-corrected chi connectivity index (χ0v) is 10.8. The van der Waals surface area contributed by atoms with E-state index >= 15 is 0 Å². The lowest BCUT2D eigenvalue weighted by molar-refractivity contribution is 0.467. The molecule has 1 fully saturated rings. The van der Waals surface area contributed by atoms with Crippen molar-refractivity contribution in [2.24, 2.45) is 10.8 Å². The monoisotopic (exact) mass is 264 g/mol. The van der Waals surface area contributed by atoms with Gasteiger partial charge in [-0.3, -0.25) is 5.43 Å². The predicted molar refractivity (Wildman–Crippen MR) is 75.4 cm³/mol. The normalized spacial score (nSPS) is 15.8. The summed E-state index contributed by atoms with van der Waals surface area (Å²) in [4.78, 5) is 2.11. The Morgan fingerprint density at radius 3 is 2.61 bits per heavy atom. The molecule has 0 spiro atoms. The van der Waals surface area contributed by atoms with Crippen LogP contribution in [0.3, 0.4) is 0 Å². The Bertz CT molecular complexity index is 469. The third-order valence-electron chi connectivity index (χ3n) is 2.82. The number of para-hydroxylation sites is 1. The number of nitrogens with two attached hydrogens (primary N) is 1. The van der Waals surface area contributed by atoms with Gasteiger partial charge in [0.15, 0.2) is 10.9 Å². The third-order valence-corrected chi connectivity index (χ3v) is 2.91. The molecule has 18 heavy (non-hydrogen) atoms. The summed E-state index contributed by atoms with van der Waals surface area (Å²) < 4.78 is 0. The smallest absolute Gasteiger partial charge is 0.184 e. The number of benzene rings is 1. The highest BCUT2D eigenvalue weighted by atomic mass is 32.1. The maximum atomic E-state index is 9.91. The van der Waals surface area contributed by atoms with Crippen molar-refractivity contribution in [3.8, 4) is 5.75 Å². The average Bonchev–Trinajstić information content (AvgIpc) is 2.85. The van der Waals surface area contributed by atoms with E-state index in [9.17, 15) is 5.11 Å². The maximum Gasteiger partial charge on any atom is 0.184 e. The topological polar surface area (TPSA) is 73.9 Å². The summed E-state index contributed by atoms with van der Waals surface area (Å²) in [6.07, 6.45) is 2.25. The number of phenolic OH excluding ortho intramolecular Hbond substituents is 1. The summed E-state index contributed by atoms with van der Waals surface area (Å²) in [6, 6.07) is 7.11. The van der Waals surface area contributed by atoms with Gasteiger partial charge in [-0.2, -0.15) is 5.10 Å². The fourth-order valence-corrected chi connectivity index (χ4v) is 2.05. The lowest BCUT2D eigenvalue weighted by Gasteiger charge is -2.20. The molecule has 6 heteroatoms. The van der Waals surface area contributed by atoms with Gasteiger partial charge in [0, 0.05) is 13.1 Å². The molecule has 1 aliphatic rings. The van der Waals surface area contributed by atoms with Crippen molar-refractivity contribution in [3.63, 3.8) is 0 Å². The van der Waals surface area contributed by atoms with Crippen LogP contribution in [0.15, 0.2) is 29.4 Å². The van der Waals surface area contributed by atoms with Crippen LogP contribution >= 0.6 is 12.2 Å². The van der Waals surface area contributed by atoms with E-state index in [-0.39, 0.29) is 10.9 Å². The van der Waals surface area contributed by atoms with Crippen LogP contribution in [0.5, 0.6) is 5.75 Å². The van der Waals surface area contributed by atoms with Crippen molar-refractivity contribution in [3.05, 3.63) is 29.8 Å². The second kappa shape index (κ2) is 5.68. The van der Waals surface area contributed by atoms with Gasteiger partial charge in [0.25, 0.3) is 0 Å². The first-order valence-electron chi connectivity index (χ1n) is 5.85. The van der Waals surface area contributed by atoms with E-state index in [2.05, 4.69) is 15.4 Å². The Hall–Kier alpha value is -1.82. The van der Waals surface area contributed by atoms with Gasteiger partial charge < -0.3 is 15.7 Å². The number of rotatable bonds is 2. The minimum absolute atomic E-state index is 0.113. The van der Waals surface area contributed by atoms with E-state index in [0.29, 0.717) is 11.4 Å². The van der Waals surface area contributed by atoms with Crippen molar-refractivity contribution in [1.82, 2.24) is 10.3 Å². The van der Waals surface area contributed by atoms with Crippen LogP contribution in [0, 0.1) is 0 Å². The quantitative estimate of drug-likeness (QED) is 0.321. The molecule has 2 rings (SSSR count). The standard InChI is InChI=1S/C12H16N4OS/c13-12(18)15-14-11(16-7-3-4-8-16)9-5-1-2-6-10(9)17/h1-2,5-6,17H,3-4,7-8H2,(H3,13,15,18). The van der Waals surface area contributed by atoms with Gasteiger partial charge in [-0.05, 0) is 37.2 Å². The van der Waals surface area contributed by atoms with Crippen molar-refractivity contribution >= 4 is 23.2 Å². The second-order valence-electron chi connectivity index (χ2n) is 4.12. The molecule has 0 unspecified atom stereocenters. The van der Waals surface area contributed by atoms with Gasteiger partial charge in [-0.1, -0.05) is 12.1 Å². The van der Waals surface area contributed by atoms with Gasteiger partial charge in [-0.15, -0.1) is 0 Å². The summed E-state index contributed by atoms with van der Waals surface area (Å²) in [7, 11) is 0. The molecule has 1 aliphatic heterocycles. The molecule has 4 N–H and O–H groups in total. The van der Waals surface area contributed by atoms with Crippen LogP contribution in [-0.4, -0.2) is 34.0 Å². The minimum atomic E-state index is 0.113. The van der Waals surface area contributed by atoms with Gasteiger partial charge >= 0.3 is 0 Å². The van der Waals surface area contributed by atoms with E-state index in [1.165, 1.54) is 0 Å². The molecule has 0 aliphatic carbocycles. The molecule has 1 aromatic carbocycles. The lowest BCUT2D eigenvalue weighted by Crippen LogP contribution is -2.33. The predicted octanol–water partition coefficient (Wildman–Crippen LogP) is 0.983. The van der Waals surface area contributed by atoms with E-state index in [1.807, 2.05) is 12.1 Å². The average molecular weight is 264 g/mol. The first-order chi connectivity index (χ1) is 8.68. The highest BCUT2D eigenvalue weighted by Gasteiger charge is 2.20. The number of likely N-dealkylation sites (tertiary alicyclic amines) is 1. The van der Waals surface area contributed by atoms with Crippen LogP contribution in [0.2, 0.25) is 0 Å². The zero-order chi connectivity index (χ0) is 13.0. The molecule has 0 atom stereocenters. The van der Waals surface area contributed by atoms with Crippen molar-refractivity contribution < 1.29 is 5.11 Å². The van der Waals surface area contributed by atoms with Crippen LogP contribution in [0.1, 0.15) is 18.4 Å². The highest BCUT2D eigenvalue weighted by molar-refractivity contribution is 7.80. The van der Waals surface area contributed by atoms with Gasteiger partial charge in [0.05, 0.1) is 5.56 Å². The summed E-state index contributed by atoms with van der Waals surface area (Å²) in [6.45, 7) is 1.85. The molecule has 5 nitrogen and oxygen atoms in total. The molecule has 0 aromatic heterocycles. The number of nitrogens with zero attached hydrogens (tertiary/aromatic N) is 2. The van der Waals surface area contributed by atoms with Gasteiger partial charge in [0.2, 0.25) is 0 Å². The fraction of sp³-hybridized carbons (Fsp3) is 0.333. The second-order valence-corrected chi connectivity index (χ2v) is 4.56. The van der Waals surface area contributed by atoms with E-state index in [4.69, 9.17) is 18.0 Å². The summed E-state index contributed by atoms with van der Waals surface area (Å²) in [5.41, 5.74) is 8.66. The Labute approximate surface area is 111 Å². The molecule has 1 aromatic rings. The first kappa shape index (κ1) is 12.6. The molecule has 96 valence electrons. The van der Waals surface area contributed by atoms with Crippen molar-refractivity contribution in [1.29, 1.82) is 0 Å². The molecule has 0 saturated carbocycles. The Kier molecular flexibility index (Phi) is 3.99. The molecular weight excluding hydrogens is 248 g/mol.